The zero-order chi connectivity index (χ0) is 13.7. The monoisotopic (exact) mass is 256 g/mol. The molecular weight excluding hydrogens is 240 g/mol. The van der Waals surface area contributed by atoms with Gasteiger partial charge in [-0.05, 0) is 42.3 Å². The summed E-state index contributed by atoms with van der Waals surface area (Å²) < 4.78 is 5.65. The van der Waals surface area contributed by atoms with Gasteiger partial charge in [0.05, 0.1) is 12.2 Å². The molecule has 1 N–H and O–H groups in total. The highest BCUT2D eigenvalue weighted by Crippen LogP contribution is 2.13. The summed E-state index contributed by atoms with van der Waals surface area (Å²) in [6, 6.07) is 14.8. The number of carboxylic acids is 1. The summed E-state index contributed by atoms with van der Waals surface area (Å²) in [5, 5.41) is 8.80. The third-order valence-electron chi connectivity index (χ3n) is 2.85. The van der Waals surface area contributed by atoms with Crippen LogP contribution in [0.2, 0.25) is 0 Å². The minimum absolute atomic E-state index is 0.309. The Labute approximate surface area is 112 Å². The normalized spacial score (nSPS) is 10.2. The Morgan fingerprint density at radius 2 is 1.89 bits per heavy atom. The lowest BCUT2D eigenvalue weighted by Crippen LogP contribution is -2.02. The van der Waals surface area contributed by atoms with Gasteiger partial charge in [0.15, 0.2) is 0 Å². The second kappa shape index (κ2) is 6.05. The van der Waals surface area contributed by atoms with Crippen LogP contribution in [0.15, 0.2) is 48.5 Å². The predicted octanol–water partition coefficient (Wildman–Crippen LogP) is 3.31. The summed E-state index contributed by atoms with van der Waals surface area (Å²) in [5.41, 5.74) is 2.55. The quantitative estimate of drug-likeness (QED) is 0.892. The van der Waals surface area contributed by atoms with Gasteiger partial charge in [-0.1, -0.05) is 24.3 Å². The fraction of sp³-hybridized carbons (Fsp3) is 0.188. The van der Waals surface area contributed by atoms with Crippen molar-refractivity contribution in [2.45, 2.75) is 13.3 Å². The number of ether oxygens (including phenoxy) is 1. The van der Waals surface area contributed by atoms with Gasteiger partial charge in [-0.25, -0.2) is 4.79 Å². The van der Waals surface area contributed by atoms with Crippen LogP contribution in [0.4, 0.5) is 0 Å². The lowest BCUT2D eigenvalue weighted by Gasteiger charge is -2.07. The first kappa shape index (κ1) is 13.1. The largest absolute Gasteiger partial charge is 0.493 e. The van der Waals surface area contributed by atoms with Crippen molar-refractivity contribution in [3.63, 3.8) is 0 Å². The summed E-state index contributed by atoms with van der Waals surface area (Å²) in [7, 11) is 0. The molecule has 0 spiro atoms. The third kappa shape index (κ3) is 3.85. The Bertz CT molecular complexity index is 558. The first-order chi connectivity index (χ1) is 9.15. The van der Waals surface area contributed by atoms with Crippen molar-refractivity contribution in [3.05, 3.63) is 65.2 Å². The molecule has 0 aliphatic heterocycles. The van der Waals surface area contributed by atoms with Gasteiger partial charge in [0, 0.05) is 6.42 Å². The van der Waals surface area contributed by atoms with Crippen LogP contribution < -0.4 is 4.74 Å². The summed E-state index contributed by atoms with van der Waals surface area (Å²) in [6.45, 7) is 2.60. The zero-order valence-corrected chi connectivity index (χ0v) is 10.8. The van der Waals surface area contributed by atoms with Crippen molar-refractivity contribution in [1.29, 1.82) is 0 Å². The van der Waals surface area contributed by atoms with Crippen LogP contribution in [0.3, 0.4) is 0 Å². The van der Waals surface area contributed by atoms with E-state index in [0.29, 0.717) is 12.2 Å². The van der Waals surface area contributed by atoms with Gasteiger partial charge in [-0.2, -0.15) is 0 Å². The molecule has 2 rings (SSSR count). The SMILES string of the molecule is Cc1cccc(OCCc2ccc(C(=O)O)cc2)c1. The molecule has 98 valence electrons. The Hall–Kier alpha value is -2.29. The second-order valence-corrected chi connectivity index (χ2v) is 4.42. The summed E-state index contributed by atoms with van der Waals surface area (Å²) >= 11 is 0. The lowest BCUT2D eigenvalue weighted by atomic mass is 10.1. The molecule has 0 fully saturated rings. The van der Waals surface area contributed by atoms with Gasteiger partial charge in [0.1, 0.15) is 5.75 Å². The van der Waals surface area contributed by atoms with E-state index in [1.54, 1.807) is 12.1 Å². The minimum Gasteiger partial charge on any atom is -0.493 e. The minimum atomic E-state index is -0.900. The molecule has 0 bridgehead atoms. The summed E-state index contributed by atoms with van der Waals surface area (Å²) in [6.07, 6.45) is 0.758. The van der Waals surface area contributed by atoms with E-state index in [1.165, 1.54) is 5.56 Å². The topological polar surface area (TPSA) is 46.5 Å². The molecule has 3 heteroatoms. The van der Waals surface area contributed by atoms with Crippen LogP contribution in [-0.4, -0.2) is 17.7 Å². The van der Waals surface area contributed by atoms with E-state index in [4.69, 9.17) is 9.84 Å². The zero-order valence-electron chi connectivity index (χ0n) is 10.8. The number of hydrogen-bond acceptors (Lipinski definition) is 2. The molecule has 3 nitrogen and oxygen atoms in total. The van der Waals surface area contributed by atoms with Crippen LogP contribution in [0.5, 0.6) is 5.75 Å². The lowest BCUT2D eigenvalue weighted by molar-refractivity contribution is 0.0697. The van der Waals surface area contributed by atoms with Crippen LogP contribution in [0.25, 0.3) is 0 Å². The second-order valence-electron chi connectivity index (χ2n) is 4.42. The number of benzene rings is 2. The number of aromatic carboxylic acids is 1. The van der Waals surface area contributed by atoms with Gasteiger partial charge in [-0.3, -0.25) is 0 Å². The third-order valence-corrected chi connectivity index (χ3v) is 2.85. The maximum atomic E-state index is 10.7. The number of hydrogen-bond donors (Lipinski definition) is 1. The van der Waals surface area contributed by atoms with Crippen molar-refractivity contribution < 1.29 is 14.6 Å². The van der Waals surface area contributed by atoms with Crippen molar-refractivity contribution >= 4 is 5.97 Å². The fourth-order valence-electron chi connectivity index (χ4n) is 1.81. The van der Waals surface area contributed by atoms with E-state index in [2.05, 4.69) is 0 Å². The Morgan fingerprint density at radius 1 is 1.16 bits per heavy atom. The molecule has 0 aliphatic rings. The summed E-state index contributed by atoms with van der Waals surface area (Å²) in [5.74, 6) is -0.0373. The first-order valence-corrected chi connectivity index (χ1v) is 6.17. The molecule has 0 atom stereocenters. The molecule has 0 heterocycles. The van der Waals surface area contributed by atoms with Gasteiger partial charge < -0.3 is 9.84 Å². The molecule has 0 unspecified atom stereocenters. The smallest absolute Gasteiger partial charge is 0.335 e. The maximum Gasteiger partial charge on any atom is 0.335 e. The van der Waals surface area contributed by atoms with E-state index in [9.17, 15) is 4.79 Å². The molecule has 0 amide bonds. The van der Waals surface area contributed by atoms with Crippen LogP contribution >= 0.6 is 0 Å². The molecule has 2 aromatic carbocycles. The van der Waals surface area contributed by atoms with E-state index >= 15 is 0 Å². The summed E-state index contributed by atoms with van der Waals surface area (Å²) in [4.78, 5) is 10.7. The van der Waals surface area contributed by atoms with Crippen LogP contribution in [0, 0.1) is 6.92 Å². The molecule has 0 radical (unpaired) electrons. The van der Waals surface area contributed by atoms with Crippen molar-refractivity contribution in [1.82, 2.24) is 0 Å². The van der Waals surface area contributed by atoms with E-state index in [1.807, 2.05) is 43.3 Å². The van der Waals surface area contributed by atoms with E-state index in [-0.39, 0.29) is 0 Å². The van der Waals surface area contributed by atoms with Gasteiger partial charge in [0.25, 0.3) is 0 Å². The number of carboxylic acid groups (broad SMARTS) is 1. The van der Waals surface area contributed by atoms with Crippen LogP contribution in [-0.2, 0) is 6.42 Å². The van der Waals surface area contributed by atoms with Crippen LogP contribution in [0.1, 0.15) is 21.5 Å². The van der Waals surface area contributed by atoms with E-state index < -0.39 is 5.97 Å². The van der Waals surface area contributed by atoms with Gasteiger partial charge in [-0.15, -0.1) is 0 Å². The Kier molecular flexibility index (Phi) is 4.18. The molecule has 0 saturated heterocycles. The average Bonchev–Trinajstić information content (AvgIpc) is 2.39. The maximum absolute atomic E-state index is 10.7. The van der Waals surface area contributed by atoms with E-state index in [0.717, 1.165) is 17.7 Å². The highest BCUT2D eigenvalue weighted by atomic mass is 16.5. The Morgan fingerprint density at radius 3 is 2.53 bits per heavy atom. The molecule has 0 aliphatic carbocycles. The standard InChI is InChI=1S/C16H16O3/c1-12-3-2-4-15(11-12)19-10-9-13-5-7-14(8-6-13)16(17)18/h2-8,11H,9-10H2,1H3,(H,17,18). The van der Waals surface area contributed by atoms with Crippen molar-refractivity contribution in [2.75, 3.05) is 6.61 Å². The van der Waals surface area contributed by atoms with Gasteiger partial charge >= 0.3 is 5.97 Å². The van der Waals surface area contributed by atoms with Gasteiger partial charge in [0.2, 0.25) is 0 Å². The average molecular weight is 256 g/mol. The number of carbonyl (C=O) groups is 1. The molecule has 0 saturated carbocycles. The Balaban J connectivity index is 1.87. The molecule has 2 aromatic rings. The number of aryl methyl sites for hydroxylation is 1. The molecule has 19 heavy (non-hydrogen) atoms. The molecular formula is C16H16O3. The first-order valence-electron chi connectivity index (χ1n) is 6.17. The molecule has 0 aromatic heterocycles. The van der Waals surface area contributed by atoms with Crippen molar-refractivity contribution in [2.24, 2.45) is 0 Å². The number of rotatable bonds is 5. The fourth-order valence-corrected chi connectivity index (χ4v) is 1.81. The predicted molar refractivity (Wildman–Crippen MR) is 73.8 cm³/mol. The van der Waals surface area contributed by atoms with Crippen molar-refractivity contribution in [3.8, 4) is 5.75 Å². The highest BCUT2D eigenvalue weighted by Gasteiger charge is 2.02. The highest BCUT2D eigenvalue weighted by molar-refractivity contribution is 5.87.